The lowest BCUT2D eigenvalue weighted by Crippen LogP contribution is -2.17. The number of aromatic nitrogens is 2. The van der Waals surface area contributed by atoms with Crippen molar-refractivity contribution in [1.82, 2.24) is 10.2 Å². The lowest BCUT2D eigenvalue weighted by Gasteiger charge is -2.12. The molecule has 2 atom stereocenters. The van der Waals surface area contributed by atoms with Crippen LogP contribution in [0.25, 0.3) is 0 Å². The number of nitrogens with one attached hydrogen (secondary N) is 1. The first-order valence-corrected chi connectivity index (χ1v) is 3.69. The Balaban J connectivity index is 2.68. The average Bonchev–Trinajstić information content (AvgIpc) is 2.51. The van der Waals surface area contributed by atoms with E-state index in [1.165, 1.54) is 6.07 Å². The quantitative estimate of drug-likeness (QED) is 0.492. The monoisotopic (exact) mass is 182 g/mol. The lowest BCUT2D eigenvalue weighted by atomic mass is 10.1. The molecule has 0 aliphatic heterocycles. The second-order valence-corrected chi connectivity index (χ2v) is 2.62. The minimum Gasteiger partial charge on any atom is -0.389 e. The molecule has 1 heterocycles. The molecule has 13 heavy (non-hydrogen) atoms. The van der Waals surface area contributed by atoms with Crippen LogP contribution in [0, 0.1) is 11.3 Å². The van der Waals surface area contributed by atoms with Crippen LogP contribution in [0.15, 0.2) is 6.07 Å². The van der Waals surface area contributed by atoms with Crippen molar-refractivity contribution in [2.24, 2.45) is 0 Å². The van der Waals surface area contributed by atoms with Crippen LogP contribution in [-0.2, 0) is 0 Å². The molecule has 2 unspecified atom stereocenters. The van der Waals surface area contributed by atoms with E-state index in [1.807, 2.05) is 0 Å². The third kappa shape index (κ3) is 2.18. The number of aliphatic hydroxyl groups excluding tert-OH is 2. The van der Waals surface area contributed by atoms with Gasteiger partial charge in [-0.15, -0.1) is 0 Å². The first-order valence-electron chi connectivity index (χ1n) is 3.69. The number of aromatic amines is 1. The highest BCUT2D eigenvalue weighted by molar-refractivity contribution is 5.29. The van der Waals surface area contributed by atoms with E-state index in [9.17, 15) is 10.2 Å². The molecule has 1 rings (SSSR count). The van der Waals surface area contributed by atoms with Gasteiger partial charge in [0, 0.05) is 6.07 Å². The van der Waals surface area contributed by atoms with Gasteiger partial charge in [0.05, 0.1) is 24.3 Å². The van der Waals surface area contributed by atoms with Crippen molar-refractivity contribution in [3.05, 3.63) is 11.8 Å². The Morgan fingerprint density at radius 3 is 2.85 bits per heavy atom. The van der Waals surface area contributed by atoms with Crippen LogP contribution in [0.2, 0.25) is 0 Å². The molecule has 0 spiro atoms. The van der Waals surface area contributed by atoms with Crippen LogP contribution in [-0.4, -0.2) is 26.5 Å². The zero-order chi connectivity index (χ0) is 9.84. The summed E-state index contributed by atoms with van der Waals surface area (Å²) in [6, 6.07) is 3.16. The van der Waals surface area contributed by atoms with Crippen LogP contribution in [0.3, 0.4) is 0 Å². The molecule has 1 aromatic rings. The van der Waals surface area contributed by atoms with Gasteiger partial charge in [-0.3, -0.25) is 5.10 Å². The Hall–Kier alpha value is -1.58. The van der Waals surface area contributed by atoms with E-state index >= 15 is 0 Å². The van der Waals surface area contributed by atoms with E-state index in [2.05, 4.69) is 10.2 Å². The van der Waals surface area contributed by atoms with Crippen molar-refractivity contribution in [3.8, 4) is 6.07 Å². The van der Waals surface area contributed by atoms with E-state index in [4.69, 9.17) is 11.0 Å². The fourth-order valence-electron chi connectivity index (χ4n) is 0.917. The standard InChI is InChI=1S/C7H10N4O2/c8-2-1-5(12)7(13)4-3-6(9)11-10-4/h3,5,7,12-13H,1H2,(H3,9,10,11). The molecule has 0 radical (unpaired) electrons. The van der Waals surface area contributed by atoms with Gasteiger partial charge in [-0.05, 0) is 0 Å². The zero-order valence-electron chi connectivity index (χ0n) is 6.81. The molecule has 0 aromatic carbocycles. The molecule has 0 amide bonds. The molecular formula is C7H10N4O2. The lowest BCUT2D eigenvalue weighted by molar-refractivity contribution is 0.0190. The maximum atomic E-state index is 9.41. The highest BCUT2D eigenvalue weighted by atomic mass is 16.3. The summed E-state index contributed by atoms with van der Waals surface area (Å²) in [7, 11) is 0. The van der Waals surface area contributed by atoms with Crippen LogP contribution < -0.4 is 5.73 Å². The molecule has 0 fully saturated rings. The van der Waals surface area contributed by atoms with Gasteiger partial charge in [-0.1, -0.05) is 0 Å². The number of hydrogen-bond donors (Lipinski definition) is 4. The second-order valence-electron chi connectivity index (χ2n) is 2.62. The molecule has 0 aliphatic rings. The number of aliphatic hydroxyl groups is 2. The highest BCUT2D eigenvalue weighted by Crippen LogP contribution is 2.17. The van der Waals surface area contributed by atoms with Gasteiger partial charge >= 0.3 is 0 Å². The molecule has 6 nitrogen and oxygen atoms in total. The SMILES string of the molecule is N#CCC(O)C(O)c1cc(N)n[nH]1. The van der Waals surface area contributed by atoms with Crippen molar-refractivity contribution < 1.29 is 10.2 Å². The van der Waals surface area contributed by atoms with E-state index in [0.29, 0.717) is 5.69 Å². The van der Waals surface area contributed by atoms with Gasteiger partial charge < -0.3 is 15.9 Å². The van der Waals surface area contributed by atoms with E-state index in [-0.39, 0.29) is 12.2 Å². The van der Waals surface area contributed by atoms with Crippen molar-refractivity contribution in [3.63, 3.8) is 0 Å². The molecule has 0 aliphatic carbocycles. The van der Waals surface area contributed by atoms with Crippen LogP contribution in [0.5, 0.6) is 0 Å². The number of nitrogens with two attached hydrogens (primary N) is 1. The van der Waals surface area contributed by atoms with Gasteiger partial charge in [0.2, 0.25) is 0 Å². The van der Waals surface area contributed by atoms with Gasteiger partial charge in [-0.2, -0.15) is 10.4 Å². The van der Waals surface area contributed by atoms with Gasteiger partial charge in [0.15, 0.2) is 0 Å². The summed E-state index contributed by atoms with van der Waals surface area (Å²) < 4.78 is 0. The summed E-state index contributed by atoms with van der Waals surface area (Å²) in [5, 5.41) is 32.9. The summed E-state index contributed by atoms with van der Waals surface area (Å²) in [4.78, 5) is 0. The molecule has 0 bridgehead atoms. The zero-order valence-corrected chi connectivity index (χ0v) is 6.81. The molecule has 5 N–H and O–H groups in total. The minimum absolute atomic E-state index is 0.139. The minimum atomic E-state index is -1.15. The first kappa shape index (κ1) is 9.51. The van der Waals surface area contributed by atoms with Crippen LogP contribution in [0.4, 0.5) is 5.82 Å². The maximum absolute atomic E-state index is 9.41. The largest absolute Gasteiger partial charge is 0.389 e. The van der Waals surface area contributed by atoms with E-state index < -0.39 is 12.2 Å². The first-order chi connectivity index (χ1) is 6.15. The normalized spacial score (nSPS) is 14.8. The summed E-state index contributed by atoms with van der Waals surface area (Å²) >= 11 is 0. The highest BCUT2D eigenvalue weighted by Gasteiger charge is 2.19. The van der Waals surface area contributed by atoms with Gasteiger partial charge in [0.1, 0.15) is 11.9 Å². The Kier molecular flexibility index (Phi) is 2.84. The number of nitrogens with zero attached hydrogens (tertiary/aromatic N) is 2. The maximum Gasteiger partial charge on any atom is 0.145 e. The van der Waals surface area contributed by atoms with E-state index in [0.717, 1.165) is 0 Å². The topological polar surface area (TPSA) is 119 Å². The summed E-state index contributed by atoms with van der Waals surface area (Å²) in [6.07, 6.45) is -2.41. The van der Waals surface area contributed by atoms with Crippen molar-refractivity contribution >= 4 is 5.82 Å². The predicted octanol–water partition coefficient (Wildman–Crippen LogP) is -0.700. The van der Waals surface area contributed by atoms with Crippen molar-refractivity contribution in [2.45, 2.75) is 18.6 Å². The fourth-order valence-corrected chi connectivity index (χ4v) is 0.917. The molecule has 6 heteroatoms. The Bertz CT molecular complexity index is 317. The Morgan fingerprint density at radius 1 is 1.69 bits per heavy atom. The average molecular weight is 182 g/mol. The molecular weight excluding hydrogens is 172 g/mol. The number of nitrogen functional groups attached to an aromatic ring is 1. The van der Waals surface area contributed by atoms with Crippen LogP contribution >= 0.6 is 0 Å². The van der Waals surface area contributed by atoms with Crippen molar-refractivity contribution in [1.29, 1.82) is 5.26 Å². The number of rotatable bonds is 3. The number of hydrogen-bond acceptors (Lipinski definition) is 5. The fraction of sp³-hybridized carbons (Fsp3) is 0.429. The molecule has 0 saturated carbocycles. The number of anilines is 1. The predicted molar refractivity (Wildman–Crippen MR) is 44.2 cm³/mol. The number of nitriles is 1. The smallest absolute Gasteiger partial charge is 0.145 e. The Morgan fingerprint density at radius 2 is 2.38 bits per heavy atom. The molecule has 1 aromatic heterocycles. The third-order valence-corrected chi connectivity index (χ3v) is 1.60. The van der Waals surface area contributed by atoms with Crippen LogP contribution in [0.1, 0.15) is 18.2 Å². The second kappa shape index (κ2) is 3.89. The Labute approximate surface area is 74.6 Å². The number of H-pyrrole nitrogens is 1. The van der Waals surface area contributed by atoms with Gasteiger partial charge in [-0.25, -0.2) is 0 Å². The summed E-state index contributed by atoms with van der Waals surface area (Å²) in [5.41, 5.74) is 5.60. The van der Waals surface area contributed by atoms with Crippen molar-refractivity contribution in [2.75, 3.05) is 5.73 Å². The van der Waals surface area contributed by atoms with Gasteiger partial charge in [0.25, 0.3) is 0 Å². The molecule has 70 valence electrons. The van der Waals surface area contributed by atoms with E-state index in [1.54, 1.807) is 6.07 Å². The summed E-state index contributed by atoms with van der Waals surface area (Å²) in [5.74, 6) is 0.234. The summed E-state index contributed by atoms with van der Waals surface area (Å²) in [6.45, 7) is 0. The third-order valence-electron chi connectivity index (χ3n) is 1.60. The molecule has 0 saturated heterocycles.